The molecule has 17 heavy (non-hydrogen) atoms. The zero-order chi connectivity index (χ0) is 11.6. The molecule has 0 fully saturated rings. The molecule has 0 unspecified atom stereocenters. The van der Waals surface area contributed by atoms with Crippen molar-refractivity contribution in [3.05, 3.63) is 72.9 Å². The van der Waals surface area contributed by atoms with E-state index >= 15 is 0 Å². The Morgan fingerprint density at radius 1 is 0.706 bits per heavy atom. The Bertz CT molecular complexity index is 502. The number of hydrogen-bond donors (Lipinski definition) is 0. The molecule has 0 aliphatic carbocycles. The molecule has 2 aromatic rings. The minimum atomic E-state index is 0.418. The van der Waals surface area contributed by atoms with Crippen LogP contribution in [0.15, 0.2) is 78.0 Å². The predicted octanol–water partition coefficient (Wildman–Crippen LogP) is 3.84. The number of quaternary nitrogens is 1. The van der Waals surface area contributed by atoms with E-state index in [-0.39, 0.29) is 0 Å². The number of nitrogens with zero attached hydrogens (tertiary/aromatic N) is 2. The molecule has 2 nitrogen and oxygen atoms in total. The van der Waals surface area contributed by atoms with Gasteiger partial charge in [0, 0.05) is 30.3 Å². The number of rotatable bonds is 2. The van der Waals surface area contributed by atoms with Gasteiger partial charge in [-0.15, -0.1) is 4.59 Å². The van der Waals surface area contributed by atoms with Gasteiger partial charge in [-0.1, -0.05) is 41.5 Å². The van der Waals surface area contributed by atoms with Crippen molar-refractivity contribution in [2.24, 2.45) is 5.10 Å². The van der Waals surface area contributed by atoms with E-state index in [1.54, 1.807) is 0 Å². The predicted molar refractivity (Wildman–Crippen MR) is 72.0 cm³/mol. The molecule has 2 heteroatoms. The highest BCUT2D eigenvalue weighted by Gasteiger charge is 2.33. The van der Waals surface area contributed by atoms with E-state index in [9.17, 15) is 0 Å². The van der Waals surface area contributed by atoms with Crippen LogP contribution in [-0.4, -0.2) is 6.21 Å². The van der Waals surface area contributed by atoms with Crippen molar-refractivity contribution in [2.45, 2.75) is 0 Å². The molecule has 0 saturated carbocycles. The van der Waals surface area contributed by atoms with Gasteiger partial charge in [-0.25, -0.2) is 0 Å². The van der Waals surface area contributed by atoms with Crippen LogP contribution in [0.5, 0.6) is 0 Å². The number of para-hydroxylation sites is 2. The van der Waals surface area contributed by atoms with Crippen LogP contribution in [-0.2, 0) is 0 Å². The van der Waals surface area contributed by atoms with Gasteiger partial charge in [-0.2, -0.15) is 0 Å². The van der Waals surface area contributed by atoms with E-state index < -0.39 is 0 Å². The lowest BCUT2D eigenvalue weighted by Gasteiger charge is -2.24. The molecule has 82 valence electrons. The minimum absolute atomic E-state index is 0.418. The van der Waals surface area contributed by atoms with Gasteiger partial charge in [0.15, 0.2) is 11.4 Å². The molecule has 1 aliphatic rings. The van der Waals surface area contributed by atoms with E-state index in [0.29, 0.717) is 4.59 Å². The highest BCUT2D eigenvalue weighted by molar-refractivity contribution is 5.78. The Hall–Kier alpha value is -2.19. The maximum Gasteiger partial charge on any atom is 0.169 e. The summed E-state index contributed by atoms with van der Waals surface area (Å²) in [5.41, 5.74) is 2.28. The second-order valence-corrected chi connectivity index (χ2v) is 3.96. The summed E-state index contributed by atoms with van der Waals surface area (Å²) in [5, 5.41) is 4.61. The van der Waals surface area contributed by atoms with Crippen molar-refractivity contribution in [3.8, 4) is 0 Å². The van der Waals surface area contributed by atoms with E-state index in [1.165, 1.54) is 0 Å². The smallest absolute Gasteiger partial charge is 0.107 e. The number of benzene rings is 2. The highest BCUT2D eigenvalue weighted by Crippen LogP contribution is 2.37. The highest BCUT2D eigenvalue weighted by atomic mass is 15.6. The lowest BCUT2D eigenvalue weighted by Crippen LogP contribution is -2.29. The van der Waals surface area contributed by atoms with E-state index in [2.05, 4.69) is 35.6 Å². The number of hydrogen-bond acceptors (Lipinski definition) is 1. The lowest BCUT2D eigenvalue weighted by atomic mass is 10.2. The van der Waals surface area contributed by atoms with E-state index in [0.717, 1.165) is 11.4 Å². The van der Waals surface area contributed by atoms with Gasteiger partial charge >= 0.3 is 0 Å². The average molecular weight is 221 g/mol. The first-order valence-corrected chi connectivity index (χ1v) is 5.65. The van der Waals surface area contributed by atoms with Crippen molar-refractivity contribution < 1.29 is 0 Å². The molecule has 0 spiro atoms. The fraction of sp³-hybridized carbons (Fsp3) is 0. The van der Waals surface area contributed by atoms with Gasteiger partial charge in [0.05, 0.1) is 6.21 Å². The quantitative estimate of drug-likeness (QED) is 0.683. The van der Waals surface area contributed by atoms with Gasteiger partial charge < -0.3 is 0 Å². The van der Waals surface area contributed by atoms with E-state index in [1.807, 2.05) is 48.7 Å². The first kappa shape index (κ1) is 10.00. The van der Waals surface area contributed by atoms with Crippen molar-refractivity contribution >= 4 is 17.6 Å². The summed E-state index contributed by atoms with van der Waals surface area (Å²) >= 11 is 0. The van der Waals surface area contributed by atoms with Gasteiger partial charge in [0.25, 0.3) is 0 Å². The molecular weight excluding hydrogens is 208 g/mol. The second kappa shape index (κ2) is 4.00. The third-order valence-corrected chi connectivity index (χ3v) is 2.94. The molecule has 0 radical (unpaired) electrons. The van der Waals surface area contributed by atoms with Gasteiger partial charge in [0.1, 0.15) is 6.20 Å². The standard InChI is InChI=1S/C15H13N2/c1-3-8-14(9-4-1)17(13-7-12-16-17)15-10-5-2-6-11-15/h1-13H/q+1. The van der Waals surface area contributed by atoms with E-state index in [4.69, 9.17) is 0 Å². The third kappa shape index (κ3) is 1.59. The molecule has 3 rings (SSSR count). The van der Waals surface area contributed by atoms with Crippen LogP contribution < -0.4 is 4.59 Å². The minimum Gasteiger partial charge on any atom is -0.107 e. The lowest BCUT2D eigenvalue weighted by molar-refractivity contribution is 0.552. The number of allylic oxidation sites excluding steroid dienone is 1. The van der Waals surface area contributed by atoms with Crippen molar-refractivity contribution in [1.82, 2.24) is 4.59 Å². The zero-order valence-electron chi connectivity index (χ0n) is 9.40. The molecule has 2 aromatic carbocycles. The normalized spacial score (nSPS) is 16.2. The van der Waals surface area contributed by atoms with Gasteiger partial charge in [-0.05, 0) is 0 Å². The summed E-state index contributed by atoms with van der Waals surface area (Å²) < 4.78 is 0.418. The molecule has 1 heterocycles. The maximum absolute atomic E-state index is 4.61. The largest absolute Gasteiger partial charge is 0.169 e. The van der Waals surface area contributed by atoms with Crippen LogP contribution in [0, 0.1) is 0 Å². The van der Waals surface area contributed by atoms with Crippen LogP contribution in [0.4, 0.5) is 11.4 Å². The molecule has 0 N–H and O–H groups in total. The molecule has 0 bridgehead atoms. The monoisotopic (exact) mass is 221 g/mol. The topological polar surface area (TPSA) is 12.4 Å². The zero-order valence-corrected chi connectivity index (χ0v) is 9.40. The van der Waals surface area contributed by atoms with Gasteiger partial charge in [-0.3, -0.25) is 0 Å². The first-order valence-electron chi connectivity index (χ1n) is 5.65. The summed E-state index contributed by atoms with van der Waals surface area (Å²) in [4.78, 5) is 0. The molecule has 1 aliphatic heterocycles. The SMILES string of the molecule is C1=C[N+](c2ccccc2)(c2ccccc2)N=C1. The third-order valence-electron chi connectivity index (χ3n) is 2.94. The van der Waals surface area contributed by atoms with Crippen molar-refractivity contribution in [1.29, 1.82) is 0 Å². The van der Waals surface area contributed by atoms with Crippen LogP contribution in [0.3, 0.4) is 0 Å². The summed E-state index contributed by atoms with van der Waals surface area (Å²) in [6.07, 6.45) is 5.92. The average Bonchev–Trinajstić information content (AvgIpc) is 2.91. The van der Waals surface area contributed by atoms with Crippen molar-refractivity contribution in [2.75, 3.05) is 0 Å². The fourth-order valence-corrected chi connectivity index (χ4v) is 2.11. The molecular formula is C15H13N2+. The summed E-state index contributed by atoms with van der Waals surface area (Å²) in [6.45, 7) is 0. The molecule has 0 saturated heterocycles. The molecule has 0 amide bonds. The van der Waals surface area contributed by atoms with Gasteiger partial charge in [0.2, 0.25) is 0 Å². The molecule has 0 atom stereocenters. The second-order valence-electron chi connectivity index (χ2n) is 3.96. The Kier molecular flexibility index (Phi) is 2.35. The van der Waals surface area contributed by atoms with Crippen LogP contribution in [0.2, 0.25) is 0 Å². The molecule has 0 aromatic heterocycles. The van der Waals surface area contributed by atoms with Crippen LogP contribution >= 0.6 is 0 Å². The maximum atomic E-state index is 4.61. The first-order chi connectivity index (χ1) is 8.42. The summed E-state index contributed by atoms with van der Waals surface area (Å²) in [5.74, 6) is 0. The Balaban J connectivity index is 2.19. The van der Waals surface area contributed by atoms with Crippen LogP contribution in [0.1, 0.15) is 0 Å². The van der Waals surface area contributed by atoms with Crippen molar-refractivity contribution in [3.63, 3.8) is 0 Å². The summed E-state index contributed by atoms with van der Waals surface area (Å²) in [6, 6.07) is 20.6. The summed E-state index contributed by atoms with van der Waals surface area (Å²) in [7, 11) is 0. The Labute approximate surface area is 101 Å². The Morgan fingerprint density at radius 2 is 1.24 bits per heavy atom. The fourth-order valence-electron chi connectivity index (χ4n) is 2.11. The Morgan fingerprint density at radius 3 is 1.65 bits per heavy atom. The van der Waals surface area contributed by atoms with Crippen LogP contribution in [0.25, 0.3) is 0 Å².